The van der Waals surface area contributed by atoms with Gasteiger partial charge in [0.15, 0.2) is 4.80 Å². The van der Waals surface area contributed by atoms with Gasteiger partial charge in [0.2, 0.25) is 5.89 Å². The number of aromatic nitrogens is 3. The zero-order valence-electron chi connectivity index (χ0n) is 12.0. The number of hydrogen-bond acceptors (Lipinski definition) is 6. The highest BCUT2D eigenvalue weighted by molar-refractivity contribution is 7.99. The molecule has 0 atom stereocenters. The minimum atomic E-state index is -0.251. The molecule has 6 nitrogen and oxygen atoms in total. The average Bonchev–Trinajstić information content (AvgIpc) is 3.16. The molecule has 3 rings (SSSR count). The van der Waals surface area contributed by atoms with E-state index in [9.17, 15) is 4.79 Å². The van der Waals surface area contributed by atoms with Crippen LogP contribution < -0.4 is 4.80 Å². The summed E-state index contributed by atoms with van der Waals surface area (Å²) in [5.41, 5.74) is 0.773. The van der Waals surface area contributed by atoms with Gasteiger partial charge in [-0.2, -0.15) is 4.99 Å². The number of carbonyl (C=O) groups is 1. The first kappa shape index (κ1) is 16.0. The summed E-state index contributed by atoms with van der Waals surface area (Å²) in [6.07, 6.45) is 1.85. The Morgan fingerprint density at radius 1 is 1.39 bits per heavy atom. The summed E-state index contributed by atoms with van der Waals surface area (Å²) in [5.74, 6) is 0.276. The quantitative estimate of drug-likeness (QED) is 0.663. The van der Waals surface area contributed by atoms with Crippen LogP contribution in [-0.4, -0.2) is 26.4 Å². The van der Waals surface area contributed by atoms with Gasteiger partial charge in [0.05, 0.1) is 5.75 Å². The Kier molecular flexibility index (Phi) is 4.94. The molecule has 0 unspecified atom stereocenters. The minimum absolute atomic E-state index is 0.139. The van der Waals surface area contributed by atoms with Crippen molar-refractivity contribution in [1.82, 2.24) is 14.8 Å². The van der Waals surface area contributed by atoms with E-state index >= 15 is 0 Å². The van der Waals surface area contributed by atoms with E-state index in [2.05, 4.69) is 15.2 Å². The van der Waals surface area contributed by atoms with E-state index < -0.39 is 0 Å². The third kappa shape index (κ3) is 4.10. The van der Waals surface area contributed by atoms with Crippen molar-refractivity contribution in [3.8, 4) is 11.5 Å². The second-order valence-electron chi connectivity index (χ2n) is 4.47. The Morgan fingerprint density at radius 2 is 2.17 bits per heavy atom. The van der Waals surface area contributed by atoms with Crippen LogP contribution in [0.4, 0.5) is 0 Å². The number of amides is 1. The number of halogens is 1. The topological polar surface area (TPSA) is 73.3 Å². The van der Waals surface area contributed by atoms with Crippen molar-refractivity contribution in [2.45, 2.75) is 5.22 Å². The number of hydrogen-bond donors (Lipinski definition) is 0. The second-order valence-corrected chi connectivity index (χ2v) is 6.71. The van der Waals surface area contributed by atoms with Crippen molar-refractivity contribution in [3.05, 3.63) is 45.7 Å². The van der Waals surface area contributed by atoms with E-state index in [0.29, 0.717) is 20.9 Å². The van der Waals surface area contributed by atoms with Gasteiger partial charge in [-0.25, -0.2) is 0 Å². The van der Waals surface area contributed by atoms with E-state index in [1.807, 2.05) is 18.6 Å². The van der Waals surface area contributed by atoms with Crippen LogP contribution in [0, 0.1) is 0 Å². The van der Waals surface area contributed by atoms with E-state index in [1.54, 1.807) is 28.8 Å². The third-order valence-electron chi connectivity index (χ3n) is 2.80. The van der Waals surface area contributed by atoms with Gasteiger partial charge in [-0.15, -0.1) is 21.5 Å². The molecule has 0 radical (unpaired) electrons. The summed E-state index contributed by atoms with van der Waals surface area (Å²) >= 11 is 8.41. The van der Waals surface area contributed by atoms with Crippen molar-refractivity contribution in [2.75, 3.05) is 5.75 Å². The Morgan fingerprint density at radius 3 is 2.87 bits per heavy atom. The number of rotatable bonds is 4. The summed E-state index contributed by atoms with van der Waals surface area (Å²) in [6.45, 7) is 0. The Labute approximate surface area is 144 Å². The summed E-state index contributed by atoms with van der Waals surface area (Å²) in [6, 6.07) is 7.08. The highest BCUT2D eigenvalue weighted by Crippen LogP contribution is 2.24. The van der Waals surface area contributed by atoms with Crippen LogP contribution in [-0.2, 0) is 11.8 Å². The third-order valence-corrected chi connectivity index (χ3v) is 4.70. The Balaban J connectivity index is 1.64. The lowest BCUT2D eigenvalue weighted by molar-refractivity contribution is -0.115. The molecule has 0 bridgehead atoms. The first-order valence-corrected chi connectivity index (χ1v) is 8.76. The predicted molar refractivity (Wildman–Crippen MR) is 89.3 cm³/mol. The molecule has 0 fully saturated rings. The van der Waals surface area contributed by atoms with Gasteiger partial charge in [-0.3, -0.25) is 4.79 Å². The zero-order chi connectivity index (χ0) is 16.2. The molecule has 9 heteroatoms. The fourth-order valence-corrected chi connectivity index (χ4v) is 3.10. The van der Waals surface area contributed by atoms with Crippen molar-refractivity contribution >= 4 is 40.6 Å². The summed E-state index contributed by atoms with van der Waals surface area (Å²) in [7, 11) is 1.84. The Hall–Kier alpha value is -1.90. The molecule has 0 spiro atoms. The van der Waals surface area contributed by atoms with Gasteiger partial charge >= 0.3 is 0 Å². The normalized spacial score (nSPS) is 11.8. The summed E-state index contributed by atoms with van der Waals surface area (Å²) < 4.78 is 7.31. The van der Waals surface area contributed by atoms with E-state index in [0.717, 1.165) is 17.3 Å². The molecule has 3 aromatic rings. The lowest BCUT2D eigenvalue weighted by Crippen LogP contribution is -2.13. The highest BCUT2D eigenvalue weighted by atomic mass is 35.5. The fraction of sp³-hybridized carbons (Fsp3) is 0.143. The number of aryl methyl sites for hydroxylation is 1. The molecule has 23 heavy (non-hydrogen) atoms. The number of benzene rings is 1. The number of thioether (sulfide) groups is 1. The number of thiazole rings is 1. The van der Waals surface area contributed by atoms with Crippen LogP contribution in [0.2, 0.25) is 5.02 Å². The van der Waals surface area contributed by atoms with Gasteiger partial charge in [0, 0.05) is 29.2 Å². The smallest absolute Gasteiger partial charge is 0.277 e. The second kappa shape index (κ2) is 7.12. The average molecular weight is 367 g/mol. The maximum atomic E-state index is 11.9. The van der Waals surface area contributed by atoms with Crippen molar-refractivity contribution in [3.63, 3.8) is 0 Å². The molecule has 0 aliphatic heterocycles. The molecule has 1 aromatic carbocycles. The molecule has 1 amide bonds. The molecule has 2 heterocycles. The van der Waals surface area contributed by atoms with Crippen LogP contribution in [0.1, 0.15) is 0 Å². The van der Waals surface area contributed by atoms with E-state index in [-0.39, 0.29) is 11.7 Å². The predicted octanol–water partition coefficient (Wildman–Crippen LogP) is 3.01. The highest BCUT2D eigenvalue weighted by Gasteiger charge is 2.11. The minimum Gasteiger partial charge on any atom is -0.411 e. The molecule has 2 aromatic heterocycles. The van der Waals surface area contributed by atoms with Crippen LogP contribution in [0.25, 0.3) is 11.5 Å². The molecule has 0 aliphatic carbocycles. The molecule has 0 saturated heterocycles. The van der Waals surface area contributed by atoms with Crippen LogP contribution in [0.15, 0.2) is 50.5 Å². The van der Waals surface area contributed by atoms with Crippen molar-refractivity contribution in [1.29, 1.82) is 0 Å². The monoisotopic (exact) mass is 366 g/mol. The standard InChI is InChI=1S/C14H11ClN4O2S2/c1-19-6-7-22-13(19)16-11(20)8-23-14-18-17-12(21-14)9-2-4-10(15)5-3-9/h2-7H,8H2,1H3. The largest absolute Gasteiger partial charge is 0.411 e. The lowest BCUT2D eigenvalue weighted by atomic mass is 10.2. The maximum Gasteiger partial charge on any atom is 0.277 e. The molecule has 0 saturated carbocycles. The molecular formula is C14H11ClN4O2S2. The van der Waals surface area contributed by atoms with Crippen molar-refractivity contribution in [2.24, 2.45) is 12.0 Å². The van der Waals surface area contributed by atoms with E-state index in [1.165, 1.54) is 11.3 Å². The number of nitrogens with zero attached hydrogens (tertiary/aromatic N) is 4. The van der Waals surface area contributed by atoms with E-state index in [4.69, 9.17) is 16.0 Å². The Bertz CT molecular complexity index is 883. The number of carbonyl (C=O) groups excluding carboxylic acids is 1. The maximum absolute atomic E-state index is 11.9. The van der Waals surface area contributed by atoms with Gasteiger partial charge < -0.3 is 8.98 Å². The fourth-order valence-electron chi connectivity index (χ4n) is 1.67. The van der Waals surface area contributed by atoms with Crippen LogP contribution in [0.5, 0.6) is 0 Å². The van der Waals surface area contributed by atoms with Gasteiger partial charge in [-0.1, -0.05) is 23.4 Å². The molecule has 118 valence electrons. The molecule has 0 N–H and O–H groups in total. The summed E-state index contributed by atoms with van der Waals surface area (Å²) in [5, 5.41) is 10.7. The molecular weight excluding hydrogens is 356 g/mol. The van der Waals surface area contributed by atoms with Crippen LogP contribution >= 0.6 is 34.7 Å². The van der Waals surface area contributed by atoms with Gasteiger partial charge in [-0.05, 0) is 24.3 Å². The lowest BCUT2D eigenvalue weighted by Gasteiger charge is -1.94. The summed E-state index contributed by atoms with van der Waals surface area (Å²) in [4.78, 5) is 16.5. The SMILES string of the molecule is Cn1ccsc1=NC(=O)CSc1nnc(-c2ccc(Cl)cc2)o1. The zero-order valence-corrected chi connectivity index (χ0v) is 14.4. The van der Waals surface area contributed by atoms with Crippen LogP contribution in [0.3, 0.4) is 0 Å². The van der Waals surface area contributed by atoms with Crippen molar-refractivity contribution < 1.29 is 9.21 Å². The first-order chi connectivity index (χ1) is 11.1. The van der Waals surface area contributed by atoms with Gasteiger partial charge in [0.1, 0.15) is 0 Å². The first-order valence-electron chi connectivity index (χ1n) is 6.52. The van der Waals surface area contributed by atoms with Gasteiger partial charge in [0.25, 0.3) is 11.1 Å². The molecule has 0 aliphatic rings.